The summed E-state index contributed by atoms with van der Waals surface area (Å²) in [5, 5.41) is 16.9. The number of carboxylic acids is 1. The van der Waals surface area contributed by atoms with Crippen LogP contribution in [0.15, 0.2) is 6.07 Å². The van der Waals surface area contributed by atoms with Crippen molar-refractivity contribution >= 4 is 5.97 Å². The number of nitriles is 1. The number of hydrogen-bond acceptors (Lipinski definition) is 3. The molecule has 0 aliphatic rings. The normalized spacial score (nSPS) is 10.2. The molecule has 0 fully saturated rings. The molecule has 0 aliphatic heterocycles. The number of aromatic nitrogens is 1. The van der Waals surface area contributed by atoms with Crippen molar-refractivity contribution in [2.24, 2.45) is 0 Å². The summed E-state index contributed by atoms with van der Waals surface area (Å²) in [6.45, 7) is 0. The molecule has 1 rings (SSSR count). The second-order valence-electron chi connectivity index (χ2n) is 2.85. The Labute approximate surface area is 88.0 Å². The third kappa shape index (κ3) is 2.48. The van der Waals surface area contributed by atoms with Gasteiger partial charge in [-0.15, -0.1) is 0 Å². The molecule has 0 unspecified atom stereocenters. The van der Waals surface area contributed by atoms with Crippen LogP contribution in [0.1, 0.15) is 23.2 Å². The van der Waals surface area contributed by atoms with Crippen LogP contribution >= 0.6 is 0 Å². The van der Waals surface area contributed by atoms with E-state index in [4.69, 9.17) is 10.4 Å². The van der Waals surface area contributed by atoms with Crippen LogP contribution < -0.4 is 0 Å². The summed E-state index contributed by atoms with van der Waals surface area (Å²) in [5.74, 6) is -2.55. The molecule has 0 aliphatic carbocycles. The predicted octanol–water partition coefficient (Wildman–Crippen LogP) is 1.66. The van der Waals surface area contributed by atoms with Crippen molar-refractivity contribution in [1.29, 1.82) is 5.26 Å². The zero-order valence-corrected chi connectivity index (χ0v) is 7.75. The molecule has 0 spiro atoms. The van der Waals surface area contributed by atoms with Gasteiger partial charge in [-0.2, -0.15) is 9.65 Å². The van der Waals surface area contributed by atoms with Gasteiger partial charge in [0.15, 0.2) is 5.69 Å². The first-order valence-corrected chi connectivity index (χ1v) is 4.05. The standard InChI is InChI=1S/C9H5F3N2O2/c10-6-1-4(2-7(15)16)8(9(11)12)5(3-13)14-6/h1,9H,2H2,(H,15,16). The topological polar surface area (TPSA) is 74.0 Å². The highest BCUT2D eigenvalue weighted by Crippen LogP contribution is 2.26. The fourth-order valence-electron chi connectivity index (χ4n) is 1.21. The third-order valence-electron chi connectivity index (χ3n) is 1.78. The highest BCUT2D eigenvalue weighted by molar-refractivity contribution is 5.71. The molecule has 16 heavy (non-hydrogen) atoms. The van der Waals surface area contributed by atoms with Gasteiger partial charge in [-0.25, -0.2) is 13.8 Å². The van der Waals surface area contributed by atoms with Crippen molar-refractivity contribution in [1.82, 2.24) is 4.98 Å². The van der Waals surface area contributed by atoms with Gasteiger partial charge in [-0.3, -0.25) is 4.79 Å². The van der Waals surface area contributed by atoms with E-state index in [-0.39, 0.29) is 0 Å². The van der Waals surface area contributed by atoms with Gasteiger partial charge in [0, 0.05) is 0 Å². The molecule has 1 aromatic rings. The van der Waals surface area contributed by atoms with E-state index in [1.807, 2.05) is 0 Å². The summed E-state index contributed by atoms with van der Waals surface area (Å²) in [6, 6.07) is 1.90. The summed E-state index contributed by atoms with van der Waals surface area (Å²) in [7, 11) is 0. The van der Waals surface area contributed by atoms with Gasteiger partial charge in [0.1, 0.15) is 6.07 Å². The fourth-order valence-corrected chi connectivity index (χ4v) is 1.21. The molecule has 0 bridgehead atoms. The Morgan fingerprint density at radius 3 is 2.69 bits per heavy atom. The summed E-state index contributed by atoms with van der Waals surface area (Å²) < 4.78 is 37.9. The van der Waals surface area contributed by atoms with Crippen LogP contribution in [0, 0.1) is 17.3 Å². The van der Waals surface area contributed by atoms with Crippen molar-refractivity contribution in [3.63, 3.8) is 0 Å². The van der Waals surface area contributed by atoms with Gasteiger partial charge in [0.05, 0.1) is 12.0 Å². The number of nitrogens with zero attached hydrogens (tertiary/aromatic N) is 2. The Morgan fingerprint density at radius 1 is 1.62 bits per heavy atom. The Morgan fingerprint density at radius 2 is 2.25 bits per heavy atom. The zero-order chi connectivity index (χ0) is 12.3. The van der Waals surface area contributed by atoms with Gasteiger partial charge in [-0.05, 0) is 11.6 Å². The minimum Gasteiger partial charge on any atom is -0.481 e. The number of aliphatic carboxylic acids is 1. The number of alkyl halides is 2. The van der Waals surface area contributed by atoms with Crippen LogP contribution in [0.3, 0.4) is 0 Å². The lowest BCUT2D eigenvalue weighted by Gasteiger charge is -2.08. The Kier molecular flexibility index (Phi) is 3.45. The fraction of sp³-hybridized carbons (Fsp3) is 0.222. The number of pyridine rings is 1. The molecule has 0 saturated heterocycles. The Hall–Kier alpha value is -2.10. The lowest BCUT2D eigenvalue weighted by molar-refractivity contribution is -0.136. The predicted molar refractivity (Wildman–Crippen MR) is 45.2 cm³/mol. The molecule has 0 amide bonds. The van der Waals surface area contributed by atoms with Crippen LogP contribution in [0.25, 0.3) is 0 Å². The van der Waals surface area contributed by atoms with E-state index in [9.17, 15) is 18.0 Å². The van der Waals surface area contributed by atoms with Crippen molar-refractivity contribution in [3.8, 4) is 6.07 Å². The van der Waals surface area contributed by atoms with Gasteiger partial charge >= 0.3 is 5.97 Å². The Balaban J connectivity index is 3.39. The quantitative estimate of drug-likeness (QED) is 0.801. The van der Waals surface area contributed by atoms with Crippen LogP contribution in [0.5, 0.6) is 0 Å². The van der Waals surface area contributed by atoms with Gasteiger partial charge < -0.3 is 5.11 Å². The van der Waals surface area contributed by atoms with E-state index in [2.05, 4.69) is 4.98 Å². The van der Waals surface area contributed by atoms with E-state index < -0.39 is 41.6 Å². The number of hydrogen-bond donors (Lipinski definition) is 1. The summed E-state index contributed by atoms with van der Waals surface area (Å²) in [5.41, 5.74) is -2.05. The minimum absolute atomic E-state index is 0.438. The number of halogens is 3. The second-order valence-corrected chi connectivity index (χ2v) is 2.85. The molecule has 0 atom stereocenters. The molecular formula is C9H5F3N2O2. The number of rotatable bonds is 3. The highest BCUT2D eigenvalue weighted by atomic mass is 19.3. The first kappa shape index (κ1) is 12.0. The molecular weight excluding hydrogens is 225 g/mol. The van der Waals surface area contributed by atoms with Crippen molar-refractivity contribution < 1.29 is 23.1 Å². The molecule has 0 saturated carbocycles. The molecule has 1 aromatic heterocycles. The van der Waals surface area contributed by atoms with Crippen molar-refractivity contribution in [2.45, 2.75) is 12.8 Å². The van der Waals surface area contributed by atoms with E-state index in [0.717, 1.165) is 0 Å². The van der Waals surface area contributed by atoms with E-state index in [1.54, 1.807) is 0 Å². The minimum atomic E-state index is -3.07. The average Bonchev–Trinajstić information content (AvgIpc) is 2.14. The maximum atomic E-state index is 12.8. The van der Waals surface area contributed by atoms with Crippen molar-refractivity contribution in [2.75, 3.05) is 0 Å². The van der Waals surface area contributed by atoms with Crippen molar-refractivity contribution in [3.05, 3.63) is 28.8 Å². The number of carbonyl (C=O) groups is 1. The molecule has 7 heteroatoms. The molecule has 1 heterocycles. The number of carboxylic acid groups (broad SMARTS) is 1. The monoisotopic (exact) mass is 230 g/mol. The van der Waals surface area contributed by atoms with Gasteiger partial charge in [0.2, 0.25) is 5.95 Å². The van der Waals surface area contributed by atoms with E-state index in [0.29, 0.717) is 6.07 Å². The summed E-state index contributed by atoms with van der Waals surface area (Å²) in [4.78, 5) is 13.4. The molecule has 4 nitrogen and oxygen atoms in total. The second kappa shape index (κ2) is 4.61. The van der Waals surface area contributed by atoms with Crippen LogP contribution in [-0.2, 0) is 11.2 Å². The zero-order valence-electron chi connectivity index (χ0n) is 7.75. The lowest BCUT2D eigenvalue weighted by Crippen LogP contribution is -2.08. The molecule has 0 radical (unpaired) electrons. The van der Waals surface area contributed by atoms with Crippen LogP contribution in [0.2, 0.25) is 0 Å². The average molecular weight is 230 g/mol. The van der Waals surface area contributed by atoms with Gasteiger partial charge in [0.25, 0.3) is 6.43 Å². The maximum absolute atomic E-state index is 12.8. The summed E-state index contributed by atoms with van der Waals surface area (Å²) in [6.07, 6.45) is -3.86. The van der Waals surface area contributed by atoms with E-state index in [1.165, 1.54) is 6.07 Å². The smallest absolute Gasteiger partial charge is 0.307 e. The van der Waals surface area contributed by atoms with Crippen LogP contribution in [0.4, 0.5) is 13.2 Å². The first-order chi connectivity index (χ1) is 7.45. The van der Waals surface area contributed by atoms with Gasteiger partial charge in [-0.1, -0.05) is 0 Å². The SMILES string of the molecule is N#Cc1nc(F)cc(CC(=O)O)c1C(F)F. The van der Waals surface area contributed by atoms with Crippen LogP contribution in [-0.4, -0.2) is 16.1 Å². The Bertz CT molecular complexity index is 469. The molecule has 1 N–H and O–H groups in total. The maximum Gasteiger partial charge on any atom is 0.307 e. The molecule has 0 aromatic carbocycles. The summed E-state index contributed by atoms with van der Waals surface area (Å²) >= 11 is 0. The third-order valence-corrected chi connectivity index (χ3v) is 1.78. The van der Waals surface area contributed by atoms with E-state index >= 15 is 0 Å². The molecule has 84 valence electrons. The highest BCUT2D eigenvalue weighted by Gasteiger charge is 2.22. The largest absolute Gasteiger partial charge is 0.481 e. The first-order valence-electron chi connectivity index (χ1n) is 4.05. The lowest BCUT2D eigenvalue weighted by atomic mass is 10.0.